The van der Waals surface area contributed by atoms with Gasteiger partial charge in [0.15, 0.2) is 0 Å². The van der Waals surface area contributed by atoms with Gasteiger partial charge in [-0.25, -0.2) is 0 Å². The molecule has 0 nitrogen and oxygen atoms in total. The number of rotatable bonds is 4. The Kier molecular flexibility index (Phi) is 7.82. The first-order valence-corrected chi connectivity index (χ1v) is 14.9. The third kappa shape index (κ3) is 4.83. The van der Waals surface area contributed by atoms with Crippen LogP contribution >= 0.6 is 0 Å². The largest absolute Gasteiger partial charge is 0.0533 e. The van der Waals surface area contributed by atoms with E-state index in [0.29, 0.717) is 0 Å². The van der Waals surface area contributed by atoms with Crippen LogP contribution in [-0.2, 0) is 0 Å². The van der Waals surface area contributed by atoms with Crippen LogP contribution in [0.3, 0.4) is 0 Å². The lowest BCUT2D eigenvalue weighted by Crippen LogP contribution is -2.48. The maximum Gasteiger partial charge on any atom is -0.0321 e. The quantitative estimate of drug-likeness (QED) is 0.431. The second-order valence-electron chi connectivity index (χ2n) is 12.7. The molecule has 30 heavy (non-hydrogen) atoms. The molecule has 0 saturated heterocycles. The minimum absolute atomic E-state index is 1.11. The topological polar surface area (TPSA) is 0 Å². The Bertz CT molecular complexity index is 438. The molecule has 0 aromatic rings. The molecular weight excluding hydrogens is 360 g/mol. The standard InChI is InChI=1S/C30H52/c1-5-13-23(14-6-1)27-21-22-28(24-15-7-2-8-16-24)30(26-19-11-4-12-20-26)29(27)25-17-9-3-10-18-25/h23-30H,1-22H2. The third-order valence-electron chi connectivity index (χ3n) is 11.2. The van der Waals surface area contributed by atoms with Crippen molar-refractivity contribution in [3.05, 3.63) is 0 Å². The summed E-state index contributed by atoms with van der Waals surface area (Å²) in [5.41, 5.74) is 0. The molecule has 0 aromatic heterocycles. The molecule has 5 aliphatic carbocycles. The van der Waals surface area contributed by atoms with Crippen LogP contribution < -0.4 is 0 Å². The Morgan fingerprint density at radius 1 is 0.233 bits per heavy atom. The van der Waals surface area contributed by atoms with E-state index in [1.165, 1.54) is 25.7 Å². The van der Waals surface area contributed by atoms with Crippen molar-refractivity contribution in [3.8, 4) is 0 Å². The minimum Gasteiger partial charge on any atom is -0.0533 e. The Hall–Kier alpha value is 0. The molecule has 0 aromatic carbocycles. The molecule has 172 valence electrons. The first kappa shape index (κ1) is 21.8. The predicted molar refractivity (Wildman–Crippen MR) is 129 cm³/mol. The summed E-state index contributed by atoms with van der Waals surface area (Å²) in [6.45, 7) is 0. The zero-order valence-electron chi connectivity index (χ0n) is 20.2. The first-order valence-electron chi connectivity index (χ1n) is 14.9. The van der Waals surface area contributed by atoms with E-state index in [-0.39, 0.29) is 0 Å². The molecule has 5 aliphatic rings. The molecule has 4 atom stereocenters. The van der Waals surface area contributed by atoms with E-state index < -0.39 is 0 Å². The Morgan fingerprint density at radius 3 is 0.800 bits per heavy atom. The fourth-order valence-electron chi connectivity index (χ4n) is 9.93. The van der Waals surface area contributed by atoms with Gasteiger partial charge < -0.3 is 0 Å². The lowest BCUT2D eigenvalue weighted by Gasteiger charge is -2.55. The van der Waals surface area contributed by atoms with Gasteiger partial charge in [-0.3, -0.25) is 0 Å². The van der Waals surface area contributed by atoms with Gasteiger partial charge in [0.05, 0.1) is 0 Å². The molecule has 0 radical (unpaired) electrons. The smallest absolute Gasteiger partial charge is 0.0321 e. The summed E-state index contributed by atoms with van der Waals surface area (Å²) in [6.07, 6.45) is 34.7. The molecule has 5 fully saturated rings. The Balaban J connectivity index is 1.45. The molecule has 0 heteroatoms. The second-order valence-corrected chi connectivity index (χ2v) is 12.7. The van der Waals surface area contributed by atoms with Gasteiger partial charge in [-0.15, -0.1) is 0 Å². The van der Waals surface area contributed by atoms with Crippen LogP contribution in [0.1, 0.15) is 141 Å². The zero-order valence-corrected chi connectivity index (χ0v) is 20.2. The van der Waals surface area contributed by atoms with Gasteiger partial charge in [-0.2, -0.15) is 0 Å². The number of hydrogen-bond acceptors (Lipinski definition) is 0. The Morgan fingerprint density at radius 2 is 0.500 bits per heavy atom. The van der Waals surface area contributed by atoms with Crippen molar-refractivity contribution in [3.63, 3.8) is 0 Å². The summed E-state index contributed by atoms with van der Waals surface area (Å²) in [4.78, 5) is 0. The molecule has 0 spiro atoms. The van der Waals surface area contributed by atoms with Crippen LogP contribution in [0.2, 0.25) is 0 Å². The molecule has 0 aliphatic heterocycles. The molecule has 4 unspecified atom stereocenters. The SMILES string of the molecule is C1CCC(C2CCC(C3CCCCC3)C(C3CCCCC3)C2C2CCCCC2)CC1. The summed E-state index contributed by atoms with van der Waals surface area (Å²) in [7, 11) is 0. The third-order valence-corrected chi connectivity index (χ3v) is 11.2. The molecule has 0 amide bonds. The number of hydrogen-bond donors (Lipinski definition) is 0. The van der Waals surface area contributed by atoms with Gasteiger partial charge in [0.2, 0.25) is 0 Å². The van der Waals surface area contributed by atoms with Crippen molar-refractivity contribution in [2.24, 2.45) is 47.3 Å². The van der Waals surface area contributed by atoms with Crippen LogP contribution in [0.15, 0.2) is 0 Å². The van der Waals surface area contributed by atoms with Crippen molar-refractivity contribution >= 4 is 0 Å². The van der Waals surface area contributed by atoms with E-state index in [1.807, 2.05) is 0 Å². The van der Waals surface area contributed by atoms with Gasteiger partial charge in [0.1, 0.15) is 0 Å². The average molecular weight is 413 g/mol. The summed E-state index contributed by atoms with van der Waals surface area (Å²) in [5, 5.41) is 0. The second kappa shape index (κ2) is 10.7. The molecular formula is C30H52. The molecule has 0 bridgehead atoms. The van der Waals surface area contributed by atoms with Crippen LogP contribution in [0, 0.1) is 47.3 Å². The summed E-state index contributed by atoms with van der Waals surface area (Å²) in [6, 6.07) is 0. The van der Waals surface area contributed by atoms with Crippen LogP contribution in [0.4, 0.5) is 0 Å². The van der Waals surface area contributed by atoms with Crippen LogP contribution in [-0.4, -0.2) is 0 Å². The van der Waals surface area contributed by atoms with Crippen molar-refractivity contribution in [1.82, 2.24) is 0 Å². The highest BCUT2D eigenvalue weighted by molar-refractivity contribution is 4.99. The zero-order chi connectivity index (χ0) is 20.2. The van der Waals surface area contributed by atoms with E-state index in [1.54, 1.807) is 116 Å². The predicted octanol–water partition coefficient (Wildman–Crippen LogP) is 9.57. The average Bonchev–Trinajstić information content (AvgIpc) is 2.85. The normalized spacial score (nSPS) is 39.2. The highest BCUT2D eigenvalue weighted by Crippen LogP contribution is 2.58. The maximum absolute atomic E-state index is 1.64. The lowest BCUT2D eigenvalue weighted by molar-refractivity contribution is -0.0649. The fourth-order valence-corrected chi connectivity index (χ4v) is 9.93. The van der Waals surface area contributed by atoms with Crippen LogP contribution in [0.25, 0.3) is 0 Å². The van der Waals surface area contributed by atoms with E-state index in [0.717, 1.165) is 47.3 Å². The van der Waals surface area contributed by atoms with Gasteiger partial charge >= 0.3 is 0 Å². The fraction of sp³-hybridized carbons (Fsp3) is 1.00. The monoisotopic (exact) mass is 412 g/mol. The van der Waals surface area contributed by atoms with E-state index in [2.05, 4.69) is 0 Å². The molecule has 5 saturated carbocycles. The minimum atomic E-state index is 1.11. The summed E-state index contributed by atoms with van der Waals surface area (Å²) < 4.78 is 0. The summed E-state index contributed by atoms with van der Waals surface area (Å²) >= 11 is 0. The van der Waals surface area contributed by atoms with Crippen molar-refractivity contribution < 1.29 is 0 Å². The molecule has 0 heterocycles. The first-order chi connectivity index (χ1) is 14.9. The van der Waals surface area contributed by atoms with E-state index in [9.17, 15) is 0 Å². The van der Waals surface area contributed by atoms with Crippen molar-refractivity contribution in [2.75, 3.05) is 0 Å². The summed E-state index contributed by atoms with van der Waals surface area (Å²) in [5.74, 6) is 8.98. The van der Waals surface area contributed by atoms with E-state index in [4.69, 9.17) is 0 Å². The van der Waals surface area contributed by atoms with E-state index >= 15 is 0 Å². The highest BCUT2D eigenvalue weighted by atomic mass is 14.5. The van der Waals surface area contributed by atoms with Crippen molar-refractivity contribution in [1.29, 1.82) is 0 Å². The van der Waals surface area contributed by atoms with Crippen molar-refractivity contribution in [2.45, 2.75) is 141 Å². The molecule has 0 N–H and O–H groups in total. The van der Waals surface area contributed by atoms with Gasteiger partial charge in [-0.05, 0) is 60.2 Å². The van der Waals surface area contributed by atoms with Gasteiger partial charge in [0.25, 0.3) is 0 Å². The van der Waals surface area contributed by atoms with Gasteiger partial charge in [0, 0.05) is 0 Å². The maximum atomic E-state index is 1.64. The van der Waals surface area contributed by atoms with Gasteiger partial charge in [-0.1, -0.05) is 128 Å². The Labute approximate surface area is 188 Å². The highest BCUT2D eigenvalue weighted by Gasteiger charge is 2.50. The van der Waals surface area contributed by atoms with Crippen LogP contribution in [0.5, 0.6) is 0 Å². The lowest BCUT2D eigenvalue weighted by atomic mass is 9.50. The molecule has 5 rings (SSSR count).